The Kier molecular flexibility index (Phi) is 6.21. The minimum atomic E-state index is -0.517. The van der Waals surface area contributed by atoms with Gasteiger partial charge in [-0.2, -0.15) is 0 Å². The van der Waals surface area contributed by atoms with Crippen LogP contribution in [0.5, 0.6) is 0 Å². The van der Waals surface area contributed by atoms with Crippen molar-refractivity contribution in [1.29, 1.82) is 0 Å². The van der Waals surface area contributed by atoms with E-state index >= 15 is 0 Å². The minimum absolute atomic E-state index is 0.161. The van der Waals surface area contributed by atoms with Crippen molar-refractivity contribution >= 4 is 11.8 Å². The highest BCUT2D eigenvalue weighted by molar-refractivity contribution is 5.86. The maximum Gasteiger partial charge on any atom is 0.358 e. The van der Waals surface area contributed by atoms with Crippen molar-refractivity contribution in [3.05, 3.63) is 18.1 Å². The van der Waals surface area contributed by atoms with E-state index in [1.807, 2.05) is 0 Å². The molecule has 0 aromatic carbocycles. The summed E-state index contributed by atoms with van der Waals surface area (Å²) < 4.78 is 4.53. The van der Waals surface area contributed by atoms with Gasteiger partial charge in [-0.15, -0.1) is 0 Å². The lowest BCUT2D eigenvalue weighted by Gasteiger charge is -2.20. The van der Waals surface area contributed by atoms with Gasteiger partial charge in [0.2, 0.25) is 0 Å². The highest BCUT2D eigenvalue weighted by Crippen LogP contribution is 2.13. The third-order valence-corrected chi connectivity index (χ3v) is 3.13. The molecule has 1 heterocycles. The monoisotopic (exact) mass is 267 g/mol. The molecule has 0 fully saturated rings. The zero-order chi connectivity index (χ0) is 14.3. The normalized spacial score (nSPS) is 12.3. The molecule has 106 valence electrons. The van der Waals surface area contributed by atoms with E-state index in [4.69, 9.17) is 0 Å². The zero-order valence-corrected chi connectivity index (χ0v) is 11.6. The predicted octanol–water partition coefficient (Wildman–Crippen LogP) is 1.47. The average molecular weight is 267 g/mol. The lowest BCUT2D eigenvalue weighted by atomic mass is 9.97. The van der Waals surface area contributed by atoms with Crippen LogP contribution in [0.1, 0.15) is 37.2 Å². The van der Waals surface area contributed by atoms with Gasteiger partial charge in [0.05, 0.1) is 25.6 Å². The molecule has 1 aromatic rings. The third kappa shape index (κ3) is 4.48. The van der Waals surface area contributed by atoms with Gasteiger partial charge < -0.3 is 15.2 Å². The second-order valence-corrected chi connectivity index (χ2v) is 4.30. The summed E-state index contributed by atoms with van der Waals surface area (Å²) in [5.74, 6) is 0.281. The third-order valence-electron chi connectivity index (χ3n) is 3.13. The molecule has 2 N–H and O–H groups in total. The van der Waals surface area contributed by atoms with Crippen LogP contribution >= 0.6 is 0 Å². The number of esters is 1. The van der Waals surface area contributed by atoms with Crippen LogP contribution in [0.3, 0.4) is 0 Å². The number of rotatable bonds is 7. The van der Waals surface area contributed by atoms with Crippen LogP contribution in [-0.4, -0.2) is 40.8 Å². The summed E-state index contributed by atoms with van der Waals surface area (Å²) in [4.78, 5) is 19.1. The van der Waals surface area contributed by atoms with Crippen LogP contribution in [0.15, 0.2) is 12.4 Å². The SMILES string of the molecule is CCC(CC)C(O)CNc1cnc(C(=O)OC)cn1. The summed E-state index contributed by atoms with van der Waals surface area (Å²) in [6.45, 7) is 4.53. The molecule has 0 aliphatic carbocycles. The smallest absolute Gasteiger partial charge is 0.358 e. The highest BCUT2D eigenvalue weighted by Gasteiger charge is 2.15. The number of aliphatic hydroxyl groups excluding tert-OH is 1. The molecule has 0 aliphatic heterocycles. The lowest BCUT2D eigenvalue weighted by molar-refractivity contribution is 0.0593. The van der Waals surface area contributed by atoms with Crippen LogP contribution in [0.25, 0.3) is 0 Å². The molecule has 1 unspecified atom stereocenters. The van der Waals surface area contributed by atoms with Gasteiger partial charge in [-0.3, -0.25) is 0 Å². The first-order chi connectivity index (χ1) is 9.12. The van der Waals surface area contributed by atoms with E-state index in [1.54, 1.807) is 0 Å². The number of nitrogens with one attached hydrogen (secondary N) is 1. The number of hydrogen-bond acceptors (Lipinski definition) is 6. The predicted molar refractivity (Wildman–Crippen MR) is 71.9 cm³/mol. The Hall–Kier alpha value is -1.69. The van der Waals surface area contributed by atoms with E-state index in [0.29, 0.717) is 12.4 Å². The fraction of sp³-hybridized carbons (Fsp3) is 0.615. The molecule has 0 bridgehead atoms. The first kappa shape index (κ1) is 15.4. The van der Waals surface area contributed by atoms with Gasteiger partial charge in [0, 0.05) is 6.54 Å². The van der Waals surface area contributed by atoms with Crippen molar-refractivity contribution < 1.29 is 14.6 Å². The van der Waals surface area contributed by atoms with Crippen LogP contribution in [0, 0.1) is 5.92 Å². The standard InChI is InChI=1S/C13H21N3O3/c1-4-9(5-2)11(17)7-16-12-8-14-10(6-15-12)13(18)19-3/h6,8-9,11,17H,4-5,7H2,1-3H3,(H,15,16). The minimum Gasteiger partial charge on any atom is -0.464 e. The quantitative estimate of drug-likeness (QED) is 0.728. The molecule has 6 nitrogen and oxygen atoms in total. The first-order valence-corrected chi connectivity index (χ1v) is 6.44. The molecule has 1 rings (SSSR count). The number of aliphatic hydroxyl groups is 1. The summed E-state index contributed by atoms with van der Waals surface area (Å²) >= 11 is 0. The molecule has 0 amide bonds. The number of methoxy groups -OCH3 is 1. The van der Waals surface area contributed by atoms with Gasteiger partial charge >= 0.3 is 5.97 Å². The fourth-order valence-corrected chi connectivity index (χ4v) is 1.84. The number of carbonyl (C=O) groups excluding carboxylic acids is 1. The van der Waals surface area contributed by atoms with Crippen molar-refractivity contribution in [1.82, 2.24) is 9.97 Å². The molecule has 0 radical (unpaired) electrons. The lowest BCUT2D eigenvalue weighted by Crippen LogP contribution is -2.28. The number of aromatic nitrogens is 2. The number of ether oxygens (including phenoxy) is 1. The molecule has 1 atom stereocenters. The number of carbonyl (C=O) groups is 1. The second-order valence-electron chi connectivity index (χ2n) is 4.30. The topological polar surface area (TPSA) is 84.3 Å². The van der Waals surface area contributed by atoms with Crippen LogP contribution in [0.4, 0.5) is 5.82 Å². The van der Waals surface area contributed by atoms with Crippen LogP contribution in [-0.2, 0) is 4.74 Å². The van der Waals surface area contributed by atoms with Crippen molar-refractivity contribution in [2.45, 2.75) is 32.8 Å². The summed E-state index contributed by atoms with van der Waals surface area (Å²) in [7, 11) is 1.29. The van der Waals surface area contributed by atoms with Crippen molar-refractivity contribution in [3.63, 3.8) is 0 Å². The van der Waals surface area contributed by atoms with E-state index in [-0.39, 0.29) is 11.6 Å². The maximum atomic E-state index is 11.2. The molecular weight excluding hydrogens is 246 g/mol. The summed E-state index contributed by atoms with van der Waals surface area (Å²) in [5.41, 5.74) is 0.161. The zero-order valence-electron chi connectivity index (χ0n) is 11.6. The van der Waals surface area contributed by atoms with Crippen LogP contribution < -0.4 is 5.32 Å². The van der Waals surface area contributed by atoms with Gasteiger partial charge in [-0.1, -0.05) is 26.7 Å². The first-order valence-electron chi connectivity index (χ1n) is 6.44. The fourth-order valence-electron chi connectivity index (χ4n) is 1.84. The van der Waals surface area contributed by atoms with Gasteiger partial charge in [-0.05, 0) is 5.92 Å². The molecule has 0 spiro atoms. The summed E-state index contributed by atoms with van der Waals surface area (Å²) in [6, 6.07) is 0. The Balaban J connectivity index is 2.52. The van der Waals surface area contributed by atoms with Crippen molar-refractivity contribution in [3.8, 4) is 0 Å². The number of nitrogens with zero attached hydrogens (tertiary/aromatic N) is 2. The Labute approximate surface area is 113 Å². The highest BCUT2D eigenvalue weighted by atomic mass is 16.5. The molecule has 0 saturated heterocycles. The summed E-state index contributed by atoms with van der Waals surface area (Å²) in [6.07, 6.45) is 4.25. The molecule has 6 heteroatoms. The van der Waals surface area contributed by atoms with Gasteiger partial charge in [0.25, 0.3) is 0 Å². The summed E-state index contributed by atoms with van der Waals surface area (Å²) in [5, 5.41) is 13.0. The van der Waals surface area contributed by atoms with Gasteiger partial charge in [-0.25, -0.2) is 14.8 Å². The molecule has 0 saturated carbocycles. The van der Waals surface area contributed by atoms with E-state index in [1.165, 1.54) is 19.5 Å². The van der Waals surface area contributed by atoms with Gasteiger partial charge in [0.15, 0.2) is 5.69 Å². The van der Waals surface area contributed by atoms with E-state index in [2.05, 4.69) is 33.9 Å². The Morgan fingerprint density at radius 1 is 1.37 bits per heavy atom. The Bertz CT molecular complexity index is 391. The average Bonchev–Trinajstić information content (AvgIpc) is 2.46. The van der Waals surface area contributed by atoms with E-state index in [9.17, 15) is 9.90 Å². The molecular formula is C13H21N3O3. The Morgan fingerprint density at radius 2 is 2.05 bits per heavy atom. The molecule has 1 aromatic heterocycles. The van der Waals surface area contributed by atoms with Gasteiger partial charge in [0.1, 0.15) is 5.82 Å². The molecule has 19 heavy (non-hydrogen) atoms. The largest absolute Gasteiger partial charge is 0.464 e. The van der Waals surface area contributed by atoms with E-state index < -0.39 is 12.1 Å². The van der Waals surface area contributed by atoms with Crippen molar-refractivity contribution in [2.24, 2.45) is 5.92 Å². The second kappa shape index (κ2) is 7.68. The van der Waals surface area contributed by atoms with E-state index in [0.717, 1.165) is 12.8 Å². The van der Waals surface area contributed by atoms with Crippen LogP contribution in [0.2, 0.25) is 0 Å². The maximum absolute atomic E-state index is 11.2. The van der Waals surface area contributed by atoms with Crippen molar-refractivity contribution in [2.75, 3.05) is 19.0 Å². The number of hydrogen-bond donors (Lipinski definition) is 2. The molecule has 0 aliphatic rings. The number of anilines is 1. The Morgan fingerprint density at radius 3 is 2.53 bits per heavy atom.